The third-order valence-electron chi connectivity index (χ3n) is 6.70. The number of amides is 1. The second-order valence-corrected chi connectivity index (χ2v) is 9.15. The number of nitrogens with one attached hydrogen (secondary N) is 1. The molecule has 1 saturated carbocycles. The average molecular weight is 476 g/mol. The molecule has 1 aromatic carbocycles. The Hall–Kier alpha value is -4.15. The van der Waals surface area contributed by atoms with Gasteiger partial charge in [-0.1, -0.05) is 6.07 Å². The largest absolute Gasteiger partial charge is 0.327 e. The first-order valence-electron chi connectivity index (χ1n) is 11.3. The molecule has 0 unspecified atom stereocenters. The van der Waals surface area contributed by atoms with Crippen molar-refractivity contribution in [3.8, 4) is 5.82 Å². The number of benzene rings is 1. The van der Waals surface area contributed by atoms with E-state index in [9.17, 15) is 13.6 Å². The number of nitrogens with zero attached hydrogens (tertiary/aromatic N) is 7. The third kappa shape index (κ3) is 3.63. The lowest BCUT2D eigenvalue weighted by atomic mass is 9.96. The molecule has 1 amide bonds. The fourth-order valence-corrected chi connectivity index (χ4v) is 4.61. The van der Waals surface area contributed by atoms with Crippen LogP contribution < -0.4 is 5.32 Å². The summed E-state index contributed by atoms with van der Waals surface area (Å²) in [5.74, 6) is -0.364. The summed E-state index contributed by atoms with van der Waals surface area (Å²) in [4.78, 5) is 24.2. The molecule has 4 aromatic rings. The predicted molar refractivity (Wildman–Crippen MR) is 122 cm³/mol. The summed E-state index contributed by atoms with van der Waals surface area (Å²) in [6, 6.07) is 5.56. The number of carbonyl (C=O) groups excluding carboxylic acids is 1. The number of fused-ring (bicyclic) bond motifs is 1. The molecule has 1 aliphatic carbocycles. The Balaban J connectivity index is 1.32. The van der Waals surface area contributed by atoms with Gasteiger partial charge in [-0.2, -0.15) is 15.2 Å². The molecule has 0 atom stereocenters. The van der Waals surface area contributed by atoms with Gasteiger partial charge in [-0.3, -0.25) is 9.48 Å². The van der Waals surface area contributed by atoms with Crippen molar-refractivity contribution in [2.45, 2.75) is 38.3 Å². The molecular weight excluding hydrogens is 454 g/mol. The van der Waals surface area contributed by atoms with Crippen LogP contribution in [0, 0.1) is 18.6 Å². The zero-order chi connectivity index (χ0) is 24.3. The Morgan fingerprint density at radius 3 is 2.71 bits per heavy atom. The highest BCUT2D eigenvalue weighted by Gasteiger charge is 2.54. The molecule has 9 nitrogen and oxygen atoms in total. The fourth-order valence-electron chi connectivity index (χ4n) is 4.61. The molecule has 1 N–H and O–H groups in total. The molecule has 4 heterocycles. The number of rotatable bonds is 5. The topological polar surface area (TPSA) is 93.8 Å². The molecule has 0 radical (unpaired) electrons. The highest BCUT2D eigenvalue weighted by Crippen LogP contribution is 2.49. The molecule has 0 saturated heterocycles. The van der Waals surface area contributed by atoms with E-state index in [1.54, 1.807) is 26.7 Å². The normalized spacial score (nSPS) is 16.0. The predicted octanol–water partition coefficient (Wildman–Crippen LogP) is 3.46. The van der Waals surface area contributed by atoms with E-state index in [4.69, 9.17) is 0 Å². The van der Waals surface area contributed by atoms with Crippen LogP contribution in [0.2, 0.25) is 0 Å². The fraction of sp³-hybridized carbons (Fsp3) is 0.292. The molecule has 0 bridgehead atoms. The lowest BCUT2D eigenvalue weighted by Gasteiger charge is -2.35. The van der Waals surface area contributed by atoms with E-state index in [1.807, 2.05) is 26.2 Å². The van der Waals surface area contributed by atoms with Gasteiger partial charge >= 0.3 is 0 Å². The molecule has 3 aromatic heterocycles. The van der Waals surface area contributed by atoms with Crippen LogP contribution in [0.1, 0.15) is 40.0 Å². The first kappa shape index (κ1) is 21.4. The van der Waals surface area contributed by atoms with Crippen LogP contribution in [0.25, 0.3) is 5.82 Å². The molecular formula is C24H22F2N8O. The minimum Gasteiger partial charge on any atom is -0.327 e. The van der Waals surface area contributed by atoms with E-state index in [0.29, 0.717) is 29.4 Å². The Bertz CT molecular complexity index is 1470. The van der Waals surface area contributed by atoms with Crippen molar-refractivity contribution in [2.24, 2.45) is 7.05 Å². The number of aryl methyl sites for hydroxylation is 2. The first-order valence-corrected chi connectivity index (χ1v) is 11.3. The third-order valence-corrected chi connectivity index (χ3v) is 6.70. The zero-order valence-corrected chi connectivity index (χ0v) is 19.2. The molecule has 2 aliphatic rings. The Morgan fingerprint density at radius 1 is 1.17 bits per heavy atom. The van der Waals surface area contributed by atoms with E-state index in [2.05, 4.69) is 25.5 Å². The molecule has 11 heteroatoms. The maximum atomic E-state index is 13.8. The number of aromatic nitrogens is 6. The van der Waals surface area contributed by atoms with E-state index >= 15 is 0 Å². The van der Waals surface area contributed by atoms with Gasteiger partial charge in [-0.15, -0.1) is 0 Å². The second-order valence-electron chi connectivity index (χ2n) is 9.15. The summed E-state index contributed by atoms with van der Waals surface area (Å²) in [5.41, 5.74) is 2.24. The summed E-state index contributed by atoms with van der Waals surface area (Å²) in [5, 5.41) is 11.9. The summed E-state index contributed by atoms with van der Waals surface area (Å²) in [6.07, 6.45) is 7.59. The molecule has 1 fully saturated rings. The molecule has 1 spiro atoms. The molecule has 1 aliphatic heterocycles. The molecule has 6 rings (SSSR count). The maximum absolute atomic E-state index is 13.8. The van der Waals surface area contributed by atoms with Crippen molar-refractivity contribution in [1.82, 2.24) is 34.4 Å². The summed E-state index contributed by atoms with van der Waals surface area (Å²) >= 11 is 0. The van der Waals surface area contributed by atoms with Gasteiger partial charge in [0, 0.05) is 48.7 Å². The van der Waals surface area contributed by atoms with Crippen molar-refractivity contribution in [3.63, 3.8) is 0 Å². The first-order chi connectivity index (χ1) is 16.8. The SMILES string of the molecule is Cc1cnc(Nc2ccnn2C)nc1-n1cc2c(n1)C(=O)N(Cc1ccc(F)c(F)c1)C1(CC1)C2. The zero-order valence-electron chi connectivity index (χ0n) is 19.2. The van der Waals surface area contributed by atoms with Crippen molar-refractivity contribution in [2.75, 3.05) is 5.32 Å². The van der Waals surface area contributed by atoms with Crippen LogP contribution in [0.15, 0.2) is 42.9 Å². The highest BCUT2D eigenvalue weighted by molar-refractivity contribution is 5.96. The summed E-state index contributed by atoms with van der Waals surface area (Å²) in [6.45, 7) is 2.08. The molecule has 35 heavy (non-hydrogen) atoms. The van der Waals surface area contributed by atoms with Crippen LogP contribution in [-0.2, 0) is 20.0 Å². The van der Waals surface area contributed by atoms with Crippen LogP contribution in [0.3, 0.4) is 0 Å². The number of hydrogen-bond donors (Lipinski definition) is 1. The van der Waals surface area contributed by atoms with Gasteiger partial charge in [0.05, 0.1) is 6.20 Å². The van der Waals surface area contributed by atoms with Gasteiger partial charge in [-0.25, -0.2) is 18.4 Å². The van der Waals surface area contributed by atoms with Crippen molar-refractivity contribution < 1.29 is 13.6 Å². The minimum absolute atomic E-state index is 0.202. The van der Waals surface area contributed by atoms with Crippen molar-refractivity contribution in [1.29, 1.82) is 0 Å². The van der Waals surface area contributed by atoms with Crippen molar-refractivity contribution in [3.05, 3.63) is 76.9 Å². The van der Waals surface area contributed by atoms with Crippen LogP contribution in [0.4, 0.5) is 20.5 Å². The van der Waals surface area contributed by atoms with E-state index < -0.39 is 11.6 Å². The van der Waals surface area contributed by atoms with Gasteiger partial charge in [0.25, 0.3) is 5.91 Å². The van der Waals surface area contributed by atoms with E-state index in [0.717, 1.165) is 41.9 Å². The quantitative estimate of drug-likeness (QED) is 0.474. The number of anilines is 2. The van der Waals surface area contributed by atoms with Gasteiger partial charge in [-0.05, 0) is 43.9 Å². The standard InChI is InChI=1S/C24H22F2N8O/c1-14-11-27-23(29-19-5-8-28-32(19)2)30-21(14)34-13-16-10-24(6-7-24)33(22(35)20(16)31-34)12-15-3-4-17(25)18(26)9-15/h3-5,8-9,11,13H,6-7,10,12H2,1-2H3,(H,27,29,30). The Morgan fingerprint density at radius 2 is 2.00 bits per heavy atom. The second kappa shape index (κ2) is 7.69. The number of hydrogen-bond acceptors (Lipinski definition) is 6. The summed E-state index contributed by atoms with van der Waals surface area (Å²) in [7, 11) is 1.81. The van der Waals surface area contributed by atoms with Gasteiger partial charge < -0.3 is 10.2 Å². The van der Waals surface area contributed by atoms with Gasteiger partial charge in [0.2, 0.25) is 5.95 Å². The minimum atomic E-state index is -0.920. The van der Waals surface area contributed by atoms with Gasteiger partial charge in [0.15, 0.2) is 23.1 Å². The Labute approximate surface area is 199 Å². The lowest BCUT2D eigenvalue weighted by Crippen LogP contribution is -2.47. The van der Waals surface area contributed by atoms with Crippen LogP contribution in [0.5, 0.6) is 0 Å². The summed E-state index contributed by atoms with van der Waals surface area (Å²) < 4.78 is 30.4. The van der Waals surface area contributed by atoms with Gasteiger partial charge in [0.1, 0.15) is 5.82 Å². The van der Waals surface area contributed by atoms with E-state index in [1.165, 1.54) is 6.07 Å². The lowest BCUT2D eigenvalue weighted by molar-refractivity contribution is 0.0590. The smallest absolute Gasteiger partial charge is 0.275 e. The maximum Gasteiger partial charge on any atom is 0.275 e. The average Bonchev–Trinajstić information content (AvgIpc) is 3.28. The van der Waals surface area contributed by atoms with Crippen LogP contribution >= 0.6 is 0 Å². The van der Waals surface area contributed by atoms with E-state index in [-0.39, 0.29) is 18.0 Å². The van der Waals surface area contributed by atoms with Crippen LogP contribution in [-0.4, -0.2) is 45.9 Å². The highest BCUT2D eigenvalue weighted by atomic mass is 19.2. The number of carbonyl (C=O) groups is 1. The number of halogens is 2. The Kier molecular flexibility index (Phi) is 4.70. The molecule has 178 valence electrons. The van der Waals surface area contributed by atoms with Crippen molar-refractivity contribution >= 4 is 17.7 Å². The monoisotopic (exact) mass is 476 g/mol.